The minimum absolute atomic E-state index is 0.00998. The van der Waals surface area contributed by atoms with Crippen molar-refractivity contribution in [2.75, 3.05) is 13.2 Å². The van der Waals surface area contributed by atoms with Crippen LogP contribution in [0.5, 0.6) is 0 Å². The van der Waals surface area contributed by atoms with E-state index < -0.39 is 12.1 Å². The van der Waals surface area contributed by atoms with Gasteiger partial charge in [0.2, 0.25) is 5.91 Å². The first-order valence-corrected chi connectivity index (χ1v) is 31.4. The van der Waals surface area contributed by atoms with Crippen molar-refractivity contribution in [3.8, 4) is 0 Å². The highest BCUT2D eigenvalue weighted by atomic mass is 16.5. The first kappa shape index (κ1) is 67.6. The minimum atomic E-state index is -0.660. The molecule has 0 saturated heterocycles. The van der Waals surface area contributed by atoms with Crippen LogP contribution in [0, 0.1) is 0 Å². The number of esters is 1. The maximum absolute atomic E-state index is 12.4. The average molecular weight is 975 g/mol. The van der Waals surface area contributed by atoms with Gasteiger partial charge in [0.1, 0.15) is 0 Å². The van der Waals surface area contributed by atoms with E-state index in [0.29, 0.717) is 25.9 Å². The van der Waals surface area contributed by atoms with Crippen molar-refractivity contribution in [3.63, 3.8) is 0 Å². The number of hydrogen-bond donors (Lipinski definition) is 3. The number of nitrogens with one attached hydrogen (secondary N) is 1. The van der Waals surface area contributed by atoms with Gasteiger partial charge in [0.15, 0.2) is 0 Å². The Balaban J connectivity index is 3.32. The van der Waals surface area contributed by atoms with E-state index in [4.69, 9.17) is 4.74 Å². The molecule has 0 fully saturated rings. The summed E-state index contributed by atoms with van der Waals surface area (Å²) in [6, 6.07) is -0.537. The van der Waals surface area contributed by atoms with Crippen molar-refractivity contribution in [2.45, 2.75) is 366 Å². The molecular formula is C63H123NO5. The Morgan fingerprint density at radius 1 is 0.391 bits per heavy atom. The zero-order valence-electron chi connectivity index (χ0n) is 46.8. The van der Waals surface area contributed by atoms with E-state index in [9.17, 15) is 19.8 Å². The molecule has 0 bridgehead atoms. The number of carbonyl (C=O) groups excluding carboxylic acids is 2. The minimum Gasteiger partial charge on any atom is -0.466 e. The van der Waals surface area contributed by atoms with Gasteiger partial charge in [-0.1, -0.05) is 302 Å². The number of aliphatic hydroxyl groups is 2. The number of rotatable bonds is 59. The van der Waals surface area contributed by atoms with E-state index in [2.05, 4.69) is 31.3 Å². The number of unbranched alkanes of at least 4 members (excludes halogenated alkanes) is 46. The van der Waals surface area contributed by atoms with Gasteiger partial charge in [-0.2, -0.15) is 0 Å². The summed E-state index contributed by atoms with van der Waals surface area (Å²) in [7, 11) is 0. The Morgan fingerprint density at radius 2 is 0.681 bits per heavy atom. The Morgan fingerprint density at radius 3 is 1.03 bits per heavy atom. The molecule has 6 nitrogen and oxygen atoms in total. The molecule has 0 aromatic rings. The molecular weight excluding hydrogens is 851 g/mol. The number of amides is 1. The predicted octanol–water partition coefficient (Wildman–Crippen LogP) is 19.6. The lowest BCUT2D eigenvalue weighted by Crippen LogP contribution is -2.45. The van der Waals surface area contributed by atoms with E-state index in [1.807, 2.05) is 0 Å². The Hall–Kier alpha value is -1.40. The van der Waals surface area contributed by atoms with Gasteiger partial charge in [-0.25, -0.2) is 0 Å². The second kappa shape index (κ2) is 59.2. The predicted molar refractivity (Wildman–Crippen MR) is 301 cm³/mol. The summed E-state index contributed by atoms with van der Waals surface area (Å²) in [5.74, 6) is -0.0217. The molecule has 0 aromatic carbocycles. The van der Waals surface area contributed by atoms with Gasteiger partial charge >= 0.3 is 5.97 Å². The van der Waals surface area contributed by atoms with Crippen molar-refractivity contribution in [2.24, 2.45) is 0 Å². The normalized spacial score (nSPS) is 12.6. The molecule has 2 atom stereocenters. The largest absolute Gasteiger partial charge is 0.466 e. The van der Waals surface area contributed by atoms with Crippen LogP contribution >= 0.6 is 0 Å². The zero-order valence-corrected chi connectivity index (χ0v) is 46.8. The molecule has 6 heteroatoms. The van der Waals surface area contributed by atoms with Gasteiger partial charge in [0, 0.05) is 12.8 Å². The van der Waals surface area contributed by atoms with Crippen LogP contribution in [0.25, 0.3) is 0 Å². The van der Waals surface area contributed by atoms with E-state index in [1.54, 1.807) is 0 Å². The summed E-state index contributed by atoms with van der Waals surface area (Å²) < 4.78 is 5.48. The first-order valence-electron chi connectivity index (χ1n) is 31.4. The van der Waals surface area contributed by atoms with E-state index in [1.165, 1.54) is 276 Å². The van der Waals surface area contributed by atoms with Crippen molar-refractivity contribution in [1.82, 2.24) is 5.32 Å². The van der Waals surface area contributed by atoms with E-state index in [-0.39, 0.29) is 18.5 Å². The van der Waals surface area contributed by atoms with Gasteiger partial charge in [0.05, 0.1) is 25.4 Å². The third kappa shape index (κ3) is 55.8. The molecule has 0 aromatic heterocycles. The third-order valence-electron chi connectivity index (χ3n) is 14.8. The Bertz CT molecular complexity index is 1030. The lowest BCUT2D eigenvalue weighted by molar-refractivity contribution is -0.143. The van der Waals surface area contributed by atoms with Crippen LogP contribution < -0.4 is 5.32 Å². The van der Waals surface area contributed by atoms with Crippen molar-refractivity contribution in [3.05, 3.63) is 12.2 Å². The van der Waals surface area contributed by atoms with Crippen LogP contribution in [-0.2, 0) is 14.3 Å². The smallest absolute Gasteiger partial charge is 0.305 e. The van der Waals surface area contributed by atoms with E-state index in [0.717, 1.165) is 44.9 Å². The summed E-state index contributed by atoms with van der Waals surface area (Å²) in [6.45, 7) is 4.95. The molecule has 0 aliphatic rings. The molecule has 0 heterocycles. The van der Waals surface area contributed by atoms with Gasteiger partial charge in [-0.3, -0.25) is 9.59 Å². The quantitative estimate of drug-likeness (QED) is 0.0321. The fourth-order valence-electron chi connectivity index (χ4n) is 9.99. The fourth-order valence-corrected chi connectivity index (χ4v) is 9.99. The maximum atomic E-state index is 12.4. The number of ether oxygens (including phenoxy) is 1. The van der Waals surface area contributed by atoms with Gasteiger partial charge in [0.25, 0.3) is 0 Å². The lowest BCUT2D eigenvalue weighted by Gasteiger charge is -2.22. The highest BCUT2D eigenvalue weighted by molar-refractivity contribution is 5.76. The van der Waals surface area contributed by atoms with E-state index >= 15 is 0 Å². The maximum Gasteiger partial charge on any atom is 0.305 e. The van der Waals surface area contributed by atoms with Crippen molar-refractivity contribution >= 4 is 11.9 Å². The summed E-state index contributed by atoms with van der Waals surface area (Å²) in [4.78, 5) is 24.5. The molecule has 0 radical (unpaired) electrons. The monoisotopic (exact) mass is 974 g/mol. The molecule has 0 rings (SSSR count). The van der Waals surface area contributed by atoms with Gasteiger partial charge in [-0.15, -0.1) is 0 Å². The topological polar surface area (TPSA) is 95.9 Å². The fraction of sp³-hybridized carbons (Fsp3) is 0.937. The second-order valence-electron chi connectivity index (χ2n) is 21.7. The van der Waals surface area contributed by atoms with Crippen molar-refractivity contribution in [1.29, 1.82) is 0 Å². The summed E-state index contributed by atoms with van der Waals surface area (Å²) in [6.07, 6.45) is 70.9. The first-order chi connectivity index (χ1) is 34.0. The van der Waals surface area contributed by atoms with Crippen LogP contribution in [0.3, 0.4) is 0 Å². The number of carbonyl (C=O) groups is 2. The molecule has 0 saturated carbocycles. The third-order valence-corrected chi connectivity index (χ3v) is 14.8. The summed E-state index contributed by atoms with van der Waals surface area (Å²) >= 11 is 0. The lowest BCUT2D eigenvalue weighted by atomic mass is 10.0. The number of aliphatic hydroxyl groups excluding tert-OH is 2. The SMILES string of the molecule is CCCCCCC/C=C\CCCCCCCC(=O)OCCCCCCCCCCCCCCCCCCCCCCCCCCCCCC(=O)NC(CO)C(O)CCCCCCCCCCCCC. The molecule has 2 unspecified atom stereocenters. The number of allylic oxidation sites excluding steroid dienone is 2. The molecule has 0 aliphatic carbocycles. The molecule has 0 spiro atoms. The average Bonchev–Trinajstić information content (AvgIpc) is 3.35. The standard InChI is InChI=1S/C63H123NO5/c1-3-5-7-9-11-13-15-16-33-37-41-45-49-53-57-63(68)69-58-54-50-46-42-38-34-31-29-27-25-23-21-19-17-18-20-22-24-26-28-30-32-36-40-44-48-52-56-62(67)64-60(59-65)61(66)55-51-47-43-39-35-14-12-10-8-6-4-2/h15-16,60-61,65-66H,3-14,17-59H2,1-2H3,(H,64,67)/b16-15-. The highest BCUT2D eigenvalue weighted by Gasteiger charge is 2.20. The number of hydrogen-bond acceptors (Lipinski definition) is 5. The Kier molecular flexibility index (Phi) is 58.0. The molecule has 1 amide bonds. The van der Waals surface area contributed by atoms with Crippen LogP contribution in [0.2, 0.25) is 0 Å². The molecule has 3 N–H and O–H groups in total. The van der Waals surface area contributed by atoms with Crippen molar-refractivity contribution < 1.29 is 24.5 Å². The van der Waals surface area contributed by atoms with Crippen LogP contribution in [-0.4, -0.2) is 47.4 Å². The van der Waals surface area contributed by atoms with Crippen LogP contribution in [0.1, 0.15) is 354 Å². The van der Waals surface area contributed by atoms with Gasteiger partial charge in [-0.05, 0) is 51.4 Å². The summed E-state index contributed by atoms with van der Waals surface area (Å²) in [5.41, 5.74) is 0. The van der Waals surface area contributed by atoms with Crippen LogP contribution in [0.15, 0.2) is 12.2 Å². The highest BCUT2D eigenvalue weighted by Crippen LogP contribution is 2.18. The second-order valence-corrected chi connectivity index (χ2v) is 21.7. The zero-order chi connectivity index (χ0) is 50.0. The molecule has 0 aliphatic heterocycles. The molecule has 69 heavy (non-hydrogen) atoms. The Labute approximate surface area is 431 Å². The van der Waals surface area contributed by atoms with Gasteiger partial charge < -0.3 is 20.3 Å². The molecule has 410 valence electrons. The van der Waals surface area contributed by atoms with Crippen LogP contribution in [0.4, 0.5) is 0 Å². The summed E-state index contributed by atoms with van der Waals surface area (Å²) in [5, 5.41) is 23.2.